The Hall–Kier alpha value is -0.230. The van der Waals surface area contributed by atoms with Gasteiger partial charge in [0.15, 0.2) is 0 Å². The second-order valence-electron chi connectivity index (χ2n) is 3.31. The Morgan fingerprint density at radius 3 is 2.62 bits per heavy atom. The fourth-order valence-corrected chi connectivity index (χ4v) is 2.96. The van der Waals surface area contributed by atoms with Crippen molar-refractivity contribution in [3.63, 3.8) is 0 Å². The Kier molecular flexibility index (Phi) is 2.91. The highest BCUT2D eigenvalue weighted by molar-refractivity contribution is 7.90. The fourth-order valence-electron chi connectivity index (χ4n) is 1.36. The fraction of sp³-hybridized carbons (Fsp3) is 1.00. The number of nitrogens with one attached hydrogen (secondary N) is 1. The smallest absolute Gasteiger partial charge is 0.240 e. The van der Waals surface area contributed by atoms with Crippen molar-refractivity contribution in [1.29, 1.82) is 4.78 Å². The third-order valence-corrected chi connectivity index (χ3v) is 4.14. The van der Waals surface area contributed by atoms with Crippen LogP contribution >= 0.6 is 0 Å². The normalized spacial score (nSPS) is 27.3. The number of hydrogen-bond acceptors (Lipinski definition) is 2. The molecule has 0 spiro atoms. The molecule has 0 bridgehead atoms. The molecule has 1 aliphatic rings. The van der Waals surface area contributed by atoms with Gasteiger partial charge < -0.3 is 0 Å². The molecular formula is C7H14F2N2OS. The van der Waals surface area contributed by atoms with Crippen molar-refractivity contribution >= 4 is 9.92 Å². The van der Waals surface area contributed by atoms with Crippen LogP contribution in [0, 0.1) is 4.78 Å². The molecule has 0 radical (unpaired) electrons. The molecule has 1 saturated heterocycles. The molecule has 1 fully saturated rings. The first-order chi connectivity index (χ1) is 5.87. The predicted octanol–water partition coefficient (Wildman–Crippen LogP) is 1.70. The van der Waals surface area contributed by atoms with E-state index in [0.29, 0.717) is 6.42 Å². The van der Waals surface area contributed by atoms with E-state index in [1.165, 1.54) is 0 Å². The second-order valence-corrected chi connectivity index (χ2v) is 5.52. The summed E-state index contributed by atoms with van der Waals surface area (Å²) < 4.78 is 45.5. The summed E-state index contributed by atoms with van der Waals surface area (Å²) in [7, 11) is -2.93. The molecule has 6 heteroatoms. The minimum absolute atomic E-state index is 0.0787. The van der Waals surface area contributed by atoms with Gasteiger partial charge in [-0.3, -0.25) is 0 Å². The largest absolute Gasteiger partial charge is 0.262 e. The molecule has 0 aromatic carbocycles. The van der Waals surface area contributed by atoms with Gasteiger partial charge in [-0.15, -0.1) is 0 Å². The summed E-state index contributed by atoms with van der Waals surface area (Å²) in [5, 5.41) is 0. The highest BCUT2D eigenvalue weighted by Crippen LogP contribution is 2.28. The van der Waals surface area contributed by atoms with E-state index in [-0.39, 0.29) is 18.7 Å². The first kappa shape index (κ1) is 10.8. The minimum atomic E-state index is -2.93. The number of halogens is 2. The van der Waals surface area contributed by atoms with Crippen LogP contribution in [0.1, 0.15) is 19.8 Å². The molecule has 0 aromatic rings. The van der Waals surface area contributed by atoms with Crippen molar-refractivity contribution in [3.05, 3.63) is 0 Å². The van der Waals surface area contributed by atoms with Crippen LogP contribution in [0.15, 0.2) is 0 Å². The Morgan fingerprint density at radius 2 is 2.23 bits per heavy atom. The van der Waals surface area contributed by atoms with Crippen molar-refractivity contribution in [2.45, 2.75) is 25.7 Å². The SMILES string of the molecule is CCCS(=N)(=O)N1CCC(F)(F)C1. The van der Waals surface area contributed by atoms with Crippen LogP contribution in [0.3, 0.4) is 0 Å². The summed E-state index contributed by atoms with van der Waals surface area (Å²) in [4.78, 5) is 0. The van der Waals surface area contributed by atoms with E-state index in [2.05, 4.69) is 0 Å². The molecule has 1 atom stereocenters. The van der Waals surface area contributed by atoms with E-state index in [9.17, 15) is 13.0 Å². The zero-order chi connectivity index (χ0) is 10.1. The highest BCUT2D eigenvalue weighted by atomic mass is 32.2. The third kappa shape index (κ3) is 2.60. The van der Waals surface area contributed by atoms with E-state index in [1.54, 1.807) is 6.92 Å². The third-order valence-electron chi connectivity index (χ3n) is 2.03. The van der Waals surface area contributed by atoms with Gasteiger partial charge in [0.25, 0.3) is 5.92 Å². The summed E-state index contributed by atoms with van der Waals surface area (Å²) in [6, 6.07) is 0. The minimum Gasteiger partial charge on any atom is -0.240 e. The Balaban J connectivity index is 2.66. The van der Waals surface area contributed by atoms with Crippen LogP contribution in [0.25, 0.3) is 0 Å². The predicted molar refractivity (Wildman–Crippen MR) is 47.2 cm³/mol. The zero-order valence-electron chi connectivity index (χ0n) is 7.56. The van der Waals surface area contributed by atoms with Gasteiger partial charge >= 0.3 is 0 Å². The lowest BCUT2D eigenvalue weighted by Gasteiger charge is -2.18. The van der Waals surface area contributed by atoms with Crippen molar-refractivity contribution in [2.24, 2.45) is 0 Å². The van der Waals surface area contributed by atoms with Crippen LogP contribution in [-0.4, -0.2) is 33.3 Å². The van der Waals surface area contributed by atoms with E-state index < -0.39 is 22.4 Å². The molecular weight excluding hydrogens is 198 g/mol. The quantitative estimate of drug-likeness (QED) is 0.760. The topological polar surface area (TPSA) is 44.2 Å². The molecule has 0 amide bonds. The Morgan fingerprint density at radius 1 is 1.62 bits per heavy atom. The lowest BCUT2D eigenvalue weighted by molar-refractivity contribution is 0.0186. The van der Waals surface area contributed by atoms with Gasteiger partial charge in [0, 0.05) is 18.7 Å². The van der Waals surface area contributed by atoms with Crippen LogP contribution < -0.4 is 0 Å². The number of rotatable bonds is 3. The first-order valence-corrected chi connectivity index (χ1v) is 5.95. The highest BCUT2D eigenvalue weighted by Gasteiger charge is 2.41. The van der Waals surface area contributed by atoms with Crippen LogP contribution in [0.5, 0.6) is 0 Å². The number of alkyl halides is 2. The van der Waals surface area contributed by atoms with E-state index in [0.717, 1.165) is 4.31 Å². The summed E-state index contributed by atoms with van der Waals surface area (Å²) in [5.41, 5.74) is 0. The van der Waals surface area contributed by atoms with Crippen LogP contribution in [0.4, 0.5) is 8.78 Å². The molecule has 0 saturated carbocycles. The number of hydrogen-bond donors (Lipinski definition) is 1. The van der Waals surface area contributed by atoms with E-state index in [4.69, 9.17) is 4.78 Å². The molecule has 1 heterocycles. The maximum atomic E-state index is 12.7. The van der Waals surface area contributed by atoms with Crippen molar-refractivity contribution in [3.8, 4) is 0 Å². The van der Waals surface area contributed by atoms with Gasteiger partial charge in [-0.25, -0.2) is 22.1 Å². The van der Waals surface area contributed by atoms with Crippen LogP contribution in [-0.2, 0) is 9.92 Å². The summed E-state index contributed by atoms with van der Waals surface area (Å²) in [6.45, 7) is 1.35. The van der Waals surface area contributed by atoms with Gasteiger partial charge in [-0.2, -0.15) is 0 Å². The van der Waals surface area contributed by atoms with Gasteiger partial charge in [0.2, 0.25) is 0 Å². The molecule has 1 rings (SSSR count). The average Bonchev–Trinajstić information content (AvgIpc) is 2.30. The molecule has 13 heavy (non-hydrogen) atoms. The zero-order valence-corrected chi connectivity index (χ0v) is 8.37. The van der Waals surface area contributed by atoms with Gasteiger partial charge in [-0.1, -0.05) is 6.92 Å². The molecule has 1 unspecified atom stereocenters. The monoisotopic (exact) mass is 212 g/mol. The average molecular weight is 212 g/mol. The molecule has 0 aliphatic carbocycles. The first-order valence-electron chi connectivity index (χ1n) is 4.27. The molecule has 1 N–H and O–H groups in total. The summed E-state index contributed by atoms with van der Waals surface area (Å²) >= 11 is 0. The van der Waals surface area contributed by atoms with Crippen molar-refractivity contribution in [1.82, 2.24) is 4.31 Å². The Bertz CT molecular complexity index is 276. The standard InChI is InChI=1S/C7H14F2N2OS/c1-2-5-13(10,12)11-4-3-7(8,9)6-11/h10H,2-6H2,1H3. The molecule has 0 aromatic heterocycles. The van der Waals surface area contributed by atoms with Crippen molar-refractivity contribution in [2.75, 3.05) is 18.8 Å². The van der Waals surface area contributed by atoms with Gasteiger partial charge in [0.1, 0.15) is 9.92 Å². The number of nitrogens with zero attached hydrogens (tertiary/aromatic N) is 1. The maximum Gasteiger partial charge on any atom is 0.262 e. The Labute approximate surface area is 77.2 Å². The van der Waals surface area contributed by atoms with Crippen LogP contribution in [0.2, 0.25) is 0 Å². The maximum absolute atomic E-state index is 12.7. The summed E-state index contributed by atoms with van der Waals surface area (Å²) in [6.07, 6.45) is 0.316. The molecule has 1 aliphatic heterocycles. The van der Waals surface area contributed by atoms with E-state index in [1.807, 2.05) is 0 Å². The molecule has 3 nitrogen and oxygen atoms in total. The molecule has 78 valence electrons. The summed E-state index contributed by atoms with van der Waals surface area (Å²) in [5.74, 6) is -2.57. The lowest BCUT2D eigenvalue weighted by Crippen LogP contribution is -2.32. The van der Waals surface area contributed by atoms with Gasteiger partial charge in [-0.05, 0) is 6.42 Å². The van der Waals surface area contributed by atoms with E-state index >= 15 is 0 Å². The second kappa shape index (κ2) is 3.49. The lowest BCUT2D eigenvalue weighted by atomic mass is 10.3. The van der Waals surface area contributed by atoms with Gasteiger partial charge in [0.05, 0.1) is 6.54 Å². The van der Waals surface area contributed by atoms with Crippen molar-refractivity contribution < 1.29 is 13.0 Å².